The van der Waals surface area contributed by atoms with Gasteiger partial charge in [-0.05, 0) is 47.4 Å². The van der Waals surface area contributed by atoms with Crippen molar-refractivity contribution in [2.75, 3.05) is 0 Å². The fourth-order valence-electron chi connectivity index (χ4n) is 3.92. The van der Waals surface area contributed by atoms with Crippen molar-refractivity contribution in [3.05, 3.63) is 46.5 Å². The molecule has 3 heteroatoms. The summed E-state index contributed by atoms with van der Waals surface area (Å²) >= 11 is 0. The van der Waals surface area contributed by atoms with Gasteiger partial charge in [-0.1, -0.05) is 39.3 Å². The van der Waals surface area contributed by atoms with Gasteiger partial charge in [0.05, 0.1) is 6.04 Å². The molecular formula is C19H23NO2. The molecule has 2 atom stereocenters. The topological polar surface area (TPSA) is 37.4 Å². The molecule has 22 heavy (non-hydrogen) atoms. The molecule has 0 bridgehead atoms. The molecule has 0 saturated heterocycles. The highest BCUT2D eigenvalue weighted by Gasteiger charge is 2.41. The Labute approximate surface area is 132 Å². The van der Waals surface area contributed by atoms with E-state index in [0.717, 1.165) is 25.7 Å². The minimum atomic E-state index is -0.168. The summed E-state index contributed by atoms with van der Waals surface area (Å²) in [5, 5.41) is 0. The zero-order valence-electron chi connectivity index (χ0n) is 13.6. The second-order valence-corrected chi connectivity index (χ2v) is 6.22. The average molecular weight is 297 g/mol. The number of hydrogen-bond acceptors (Lipinski definition) is 2. The van der Waals surface area contributed by atoms with Gasteiger partial charge in [-0.15, -0.1) is 0 Å². The van der Waals surface area contributed by atoms with Gasteiger partial charge in [-0.2, -0.15) is 0 Å². The van der Waals surface area contributed by atoms with Crippen molar-refractivity contribution < 1.29 is 9.59 Å². The summed E-state index contributed by atoms with van der Waals surface area (Å²) in [4.78, 5) is 25.7. The zero-order chi connectivity index (χ0) is 15.9. The van der Waals surface area contributed by atoms with Crippen LogP contribution in [0.4, 0.5) is 0 Å². The number of fused-ring (bicyclic) bond motifs is 1. The molecule has 0 aromatic heterocycles. The monoisotopic (exact) mass is 297 g/mol. The lowest BCUT2D eigenvalue weighted by atomic mass is 9.94. The van der Waals surface area contributed by atoms with E-state index in [2.05, 4.69) is 32.9 Å². The minimum Gasteiger partial charge on any atom is -0.269 e. The van der Waals surface area contributed by atoms with Gasteiger partial charge < -0.3 is 0 Å². The Morgan fingerprint density at radius 1 is 1.00 bits per heavy atom. The molecular weight excluding hydrogens is 274 g/mol. The molecule has 0 saturated carbocycles. The SMILES string of the molecule is CCc1cc2c(cc1CC)[C@@H](N1C(=O)C=CC1=O)[C@@H](CC)C2. The molecule has 0 spiro atoms. The maximum absolute atomic E-state index is 12.1. The van der Waals surface area contributed by atoms with Crippen molar-refractivity contribution in [3.8, 4) is 0 Å². The van der Waals surface area contributed by atoms with Crippen molar-refractivity contribution in [3.63, 3.8) is 0 Å². The Balaban J connectivity index is 2.08. The summed E-state index contributed by atoms with van der Waals surface area (Å²) in [6, 6.07) is 4.45. The van der Waals surface area contributed by atoms with Crippen LogP contribution in [-0.4, -0.2) is 16.7 Å². The predicted molar refractivity (Wildman–Crippen MR) is 86.4 cm³/mol. The molecule has 1 heterocycles. The third-order valence-electron chi connectivity index (χ3n) is 5.12. The van der Waals surface area contributed by atoms with Crippen LogP contribution in [0.3, 0.4) is 0 Å². The second kappa shape index (κ2) is 5.71. The Kier molecular flexibility index (Phi) is 3.90. The average Bonchev–Trinajstić information content (AvgIpc) is 3.04. The third kappa shape index (κ3) is 2.20. The molecule has 1 aromatic carbocycles. The number of carbonyl (C=O) groups is 2. The molecule has 2 amide bonds. The summed E-state index contributed by atoms with van der Waals surface area (Å²) in [6.45, 7) is 6.49. The lowest BCUT2D eigenvalue weighted by molar-refractivity contribution is -0.140. The largest absolute Gasteiger partial charge is 0.269 e. The van der Waals surface area contributed by atoms with E-state index in [0.29, 0.717) is 5.92 Å². The van der Waals surface area contributed by atoms with E-state index in [-0.39, 0.29) is 17.9 Å². The van der Waals surface area contributed by atoms with Gasteiger partial charge in [0, 0.05) is 12.2 Å². The van der Waals surface area contributed by atoms with Crippen molar-refractivity contribution in [2.24, 2.45) is 5.92 Å². The number of nitrogens with zero attached hydrogens (tertiary/aromatic N) is 1. The van der Waals surface area contributed by atoms with Crippen LogP contribution in [0.1, 0.15) is 55.5 Å². The van der Waals surface area contributed by atoms with E-state index in [9.17, 15) is 9.59 Å². The Morgan fingerprint density at radius 2 is 1.59 bits per heavy atom. The zero-order valence-corrected chi connectivity index (χ0v) is 13.6. The van der Waals surface area contributed by atoms with Gasteiger partial charge >= 0.3 is 0 Å². The molecule has 116 valence electrons. The van der Waals surface area contributed by atoms with Crippen LogP contribution in [0.5, 0.6) is 0 Å². The highest BCUT2D eigenvalue weighted by molar-refractivity contribution is 6.13. The van der Waals surface area contributed by atoms with Gasteiger partial charge in [0.15, 0.2) is 0 Å². The van der Waals surface area contributed by atoms with E-state index in [4.69, 9.17) is 0 Å². The van der Waals surface area contributed by atoms with Crippen LogP contribution in [0.2, 0.25) is 0 Å². The van der Waals surface area contributed by atoms with Gasteiger partial charge in [-0.3, -0.25) is 14.5 Å². The molecule has 3 nitrogen and oxygen atoms in total. The van der Waals surface area contributed by atoms with Crippen LogP contribution in [0, 0.1) is 5.92 Å². The number of imide groups is 1. The highest BCUT2D eigenvalue weighted by Crippen LogP contribution is 2.44. The summed E-state index contributed by atoms with van der Waals surface area (Å²) in [5.41, 5.74) is 5.24. The fraction of sp³-hybridized carbons (Fsp3) is 0.474. The molecule has 0 radical (unpaired) electrons. The molecule has 2 aliphatic rings. The number of benzene rings is 1. The Hall–Kier alpha value is -1.90. The molecule has 1 aliphatic heterocycles. The van der Waals surface area contributed by atoms with Crippen LogP contribution in [0.25, 0.3) is 0 Å². The first kappa shape index (κ1) is 15.0. The van der Waals surface area contributed by atoms with Gasteiger partial charge in [0.2, 0.25) is 0 Å². The van der Waals surface area contributed by atoms with Crippen molar-refractivity contribution in [1.82, 2.24) is 4.90 Å². The van der Waals surface area contributed by atoms with Crippen molar-refractivity contribution in [1.29, 1.82) is 0 Å². The highest BCUT2D eigenvalue weighted by atomic mass is 16.2. The standard InChI is InChI=1S/C19H23NO2/c1-4-12-9-15-10-14(6-3)19(16(15)11-13(12)5-2)20-17(21)7-8-18(20)22/h7-9,11,14,19H,4-6,10H2,1-3H3/t14-,19-/m0/s1. The lowest BCUT2D eigenvalue weighted by Crippen LogP contribution is -2.36. The van der Waals surface area contributed by atoms with Crippen LogP contribution < -0.4 is 0 Å². The van der Waals surface area contributed by atoms with E-state index in [1.165, 1.54) is 39.3 Å². The first-order valence-corrected chi connectivity index (χ1v) is 8.30. The first-order valence-electron chi connectivity index (χ1n) is 8.30. The van der Waals surface area contributed by atoms with E-state index in [1.54, 1.807) is 0 Å². The summed E-state index contributed by atoms with van der Waals surface area (Å²) in [7, 11) is 0. The molecule has 1 aromatic rings. The number of hydrogen-bond donors (Lipinski definition) is 0. The first-order chi connectivity index (χ1) is 10.6. The maximum atomic E-state index is 12.1. The number of amides is 2. The van der Waals surface area contributed by atoms with E-state index in [1.807, 2.05) is 0 Å². The molecule has 3 rings (SSSR count). The van der Waals surface area contributed by atoms with Crippen LogP contribution >= 0.6 is 0 Å². The number of aryl methyl sites for hydroxylation is 2. The molecule has 0 fully saturated rings. The minimum absolute atomic E-state index is 0.0915. The Bertz CT molecular complexity index is 642. The second-order valence-electron chi connectivity index (χ2n) is 6.22. The van der Waals surface area contributed by atoms with Crippen molar-refractivity contribution >= 4 is 11.8 Å². The Morgan fingerprint density at radius 3 is 2.14 bits per heavy atom. The van der Waals surface area contributed by atoms with Crippen molar-refractivity contribution in [2.45, 2.75) is 52.5 Å². The predicted octanol–water partition coefficient (Wildman–Crippen LogP) is 3.36. The third-order valence-corrected chi connectivity index (χ3v) is 5.12. The van der Waals surface area contributed by atoms with E-state index >= 15 is 0 Å². The molecule has 1 aliphatic carbocycles. The number of carbonyl (C=O) groups excluding carboxylic acids is 2. The van der Waals surface area contributed by atoms with E-state index < -0.39 is 0 Å². The summed E-state index contributed by atoms with van der Waals surface area (Å²) < 4.78 is 0. The molecule has 0 unspecified atom stereocenters. The lowest BCUT2D eigenvalue weighted by Gasteiger charge is -2.28. The summed E-state index contributed by atoms with van der Waals surface area (Å²) in [6.07, 6.45) is 6.74. The fourth-order valence-corrected chi connectivity index (χ4v) is 3.92. The summed E-state index contributed by atoms with van der Waals surface area (Å²) in [5.74, 6) is -0.00237. The normalized spacial score (nSPS) is 23.5. The molecule has 0 N–H and O–H groups in total. The quantitative estimate of drug-likeness (QED) is 0.799. The maximum Gasteiger partial charge on any atom is 0.254 e. The van der Waals surface area contributed by atoms with Gasteiger partial charge in [0.1, 0.15) is 0 Å². The number of rotatable bonds is 4. The van der Waals surface area contributed by atoms with Crippen LogP contribution in [0.15, 0.2) is 24.3 Å². The smallest absolute Gasteiger partial charge is 0.254 e. The van der Waals surface area contributed by atoms with Gasteiger partial charge in [0.25, 0.3) is 11.8 Å². The van der Waals surface area contributed by atoms with Gasteiger partial charge in [-0.25, -0.2) is 0 Å². The van der Waals surface area contributed by atoms with Crippen LogP contribution in [-0.2, 0) is 28.9 Å².